The summed E-state index contributed by atoms with van der Waals surface area (Å²) in [6, 6.07) is 0. The second kappa shape index (κ2) is 3.49. The van der Waals surface area contributed by atoms with Gasteiger partial charge in [0.2, 0.25) is 0 Å². The first-order valence-electron chi connectivity index (χ1n) is 3.21. The Morgan fingerprint density at radius 1 is 1.44 bits per heavy atom. The second-order valence-corrected chi connectivity index (χ2v) is 2.86. The predicted molar refractivity (Wildman–Crippen MR) is 39.9 cm³/mol. The van der Waals surface area contributed by atoms with Crippen LogP contribution in [0.5, 0.6) is 0 Å². The van der Waals surface area contributed by atoms with E-state index in [1.54, 1.807) is 0 Å². The zero-order valence-electron chi connectivity index (χ0n) is 6.64. The molecule has 0 spiro atoms. The molecule has 0 unspecified atom stereocenters. The maximum Gasteiger partial charge on any atom is 0.169 e. The molecule has 0 fully saturated rings. The summed E-state index contributed by atoms with van der Waals surface area (Å²) >= 11 is 0. The summed E-state index contributed by atoms with van der Waals surface area (Å²) in [5.41, 5.74) is -0.00479. The molecule has 0 N–H and O–H groups in total. The minimum Gasteiger partial charge on any atom is -0.484 e. The van der Waals surface area contributed by atoms with Gasteiger partial charge in [0, 0.05) is 0 Å². The van der Waals surface area contributed by atoms with E-state index in [2.05, 4.69) is 4.99 Å². The van der Waals surface area contributed by atoms with Gasteiger partial charge in [0.1, 0.15) is 0 Å². The largest absolute Gasteiger partial charge is 0.484 e. The highest BCUT2D eigenvalue weighted by atomic mass is 16.5. The van der Waals surface area contributed by atoms with Crippen molar-refractivity contribution in [3.8, 4) is 0 Å². The Balaban J connectivity index is 3.45. The lowest BCUT2D eigenvalue weighted by molar-refractivity contribution is 0.337. The van der Waals surface area contributed by atoms with Crippen LogP contribution in [0.1, 0.15) is 27.7 Å². The summed E-state index contributed by atoms with van der Waals surface area (Å²) in [6.45, 7) is 8.72. The molecule has 0 saturated heterocycles. The van der Waals surface area contributed by atoms with E-state index in [1.807, 2.05) is 27.7 Å². The summed E-state index contributed by atoms with van der Waals surface area (Å²) in [4.78, 5) is 4.10. The molecule has 0 aliphatic rings. The van der Waals surface area contributed by atoms with Gasteiger partial charge < -0.3 is 4.74 Å². The van der Waals surface area contributed by atoms with Crippen LogP contribution in [-0.2, 0) is 4.74 Å². The minimum absolute atomic E-state index is 0.00479. The molecule has 54 valence electrons. The number of nitrogens with zero attached hydrogens (tertiary/aromatic N) is 1. The maximum absolute atomic E-state index is 4.92. The number of aliphatic imine (C=N–C) groups is 1. The third-order valence-electron chi connectivity index (χ3n) is 0.681. The zero-order valence-corrected chi connectivity index (χ0v) is 6.64. The third kappa shape index (κ3) is 7.47. The van der Waals surface area contributed by atoms with Crippen molar-refractivity contribution in [2.24, 2.45) is 4.99 Å². The number of hydrogen-bond donors (Lipinski definition) is 0. The molecule has 0 radical (unpaired) electrons. The molecule has 0 saturated carbocycles. The third-order valence-corrected chi connectivity index (χ3v) is 0.681. The Morgan fingerprint density at radius 2 is 2.00 bits per heavy atom. The van der Waals surface area contributed by atoms with Gasteiger partial charge in [-0.2, -0.15) is 0 Å². The molecular formula is C7H15NO. The van der Waals surface area contributed by atoms with E-state index in [4.69, 9.17) is 4.74 Å². The Hall–Kier alpha value is -0.530. The van der Waals surface area contributed by atoms with Gasteiger partial charge >= 0.3 is 0 Å². The van der Waals surface area contributed by atoms with Crippen molar-refractivity contribution >= 4 is 6.40 Å². The highest BCUT2D eigenvalue weighted by Crippen LogP contribution is 2.03. The second-order valence-electron chi connectivity index (χ2n) is 2.86. The lowest BCUT2D eigenvalue weighted by Crippen LogP contribution is -2.09. The van der Waals surface area contributed by atoms with Gasteiger partial charge in [-0.1, -0.05) is 0 Å². The standard InChI is InChI=1S/C7H15NO/c1-5-9-6-8-7(2,3)4/h6H,5H2,1-4H3. The smallest absolute Gasteiger partial charge is 0.169 e. The van der Waals surface area contributed by atoms with Crippen molar-refractivity contribution in [1.29, 1.82) is 0 Å². The minimum atomic E-state index is -0.00479. The van der Waals surface area contributed by atoms with Crippen molar-refractivity contribution in [2.45, 2.75) is 33.2 Å². The maximum atomic E-state index is 4.92. The molecule has 2 nitrogen and oxygen atoms in total. The molecular weight excluding hydrogens is 114 g/mol. The quantitative estimate of drug-likeness (QED) is 0.412. The Labute approximate surface area is 56.9 Å². The first kappa shape index (κ1) is 8.47. The van der Waals surface area contributed by atoms with Gasteiger partial charge in [-0.15, -0.1) is 0 Å². The topological polar surface area (TPSA) is 21.6 Å². The molecule has 2 heteroatoms. The van der Waals surface area contributed by atoms with E-state index in [-0.39, 0.29) is 5.54 Å². The zero-order chi connectivity index (χ0) is 7.33. The highest BCUT2D eigenvalue weighted by Gasteiger charge is 2.03. The van der Waals surface area contributed by atoms with Gasteiger partial charge in [0.15, 0.2) is 6.40 Å². The fourth-order valence-corrected chi connectivity index (χ4v) is 0.270. The normalized spacial score (nSPS) is 12.4. The summed E-state index contributed by atoms with van der Waals surface area (Å²) in [5, 5.41) is 0. The molecule has 9 heavy (non-hydrogen) atoms. The van der Waals surface area contributed by atoms with Crippen LogP contribution in [0.4, 0.5) is 0 Å². The van der Waals surface area contributed by atoms with Gasteiger partial charge in [0.25, 0.3) is 0 Å². The van der Waals surface area contributed by atoms with Crippen LogP contribution in [-0.4, -0.2) is 18.5 Å². The molecule has 0 aromatic heterocycles. The molecule has 0 atom stereocenters. The molecule has 0 aliphatic carbocycles. The Bertz CT molecular complexity index is 91.6. The molecule has 0 bridgehead atoms. The number of hydrogen-bond acceptors (Lipinski definition) is 2. The first-order chi connectivity index (χ1) is 4.06. The van der Waals surface area contributed by atoms with E-state index in [9.17, 15) is 0 Å². The van der Waals surface area contributed by atoms with E-state index in [0.29, 0.717) is 6.61 Å². The lowest BCUT2D eigenvalue weighted by Gasteiger charge is -2.09. The number of rotatable bonds is 2. The molecule has 0 aliphatic heterocycles. The summed E-state index contributed by atoms with van der Waals surface area (Å²) in [6.07, 6.45) is 1.51. The average Bonchev–Trinajstić information content (AvgIpc) is 1.63. The fraction of sp³-hybridized carbons (Fsp3) is 0.857. The van der Waals surface area contributed by atoms with Crippen LogP contribution in [0.2, 0.25) is 0 Å². The van der Waals surface area contributed by atoms with Crippen LogP contribution >= 0.6 is 0 Å². The first-order valence-corrected chi connectivity index (χ1v) is 3.21. The molecule has 0 rings (SSSR count). The molecule has 0 heterocycles. The van der Waals surface area contributed by atoms with Crippen LogP contribution in [0.25, 0.3) is 0 Å². The van der Waals surface area contributed by atoms with E-state index >= 15 is 0 Å². The molecule has 0 aromatic carbocycles. The average molecular weight is 129 g/mol. The van der Waals surface area contributed by atoms with Crippen molar-refractivity contribution < 1.29 is 4.74 Å². The lowest BCUT2D eigenvalue weighted by atomic mass is 10.1. The van der Waals surface area contributed by atoms with E-state index < -0.39 is 0 Å². The van der Waals surface area contributed by atoms with E-state index in [0.717, 1.165) is 0 Å². The summed E-state index contributed by atoms with van der Waals surface area (Å²) in [5.74, 6) is 0. The van der Waals surface area contributed by atoms with Gasteiger partial charge in [-0.05, 0) is 27.7 Å². The predicted octanol–water partition coefficient (Wildman–Crippen LogP) is 1.85. The van der Waals surface area contributed by atoms with E-state index in [1.165, 1.54) is 6.40 Å². The molecule has 0 amide bonds. The number of ether oxygens (including phenoxy) is 1. The van der Waals surface area contributed by atoms with Crippen molar-refractivity contribution in [3.05, 3.63) is 0 Å². The fourth-order valence-electron chi connectivity index (χ4n) is 0.270. The monoisotopic (exact) mass is 129 g/mol. The van der Waals surface area contributed by atoms with Crippen LogP contribution in [0.15, 0.2) is 4.99 Å². The van der Waals surface area contributed by atoms with Gasteiger partial charge in [-0.25, -0.2) is 0 Å². The van der Waals surface area contributed by atoms with Crippen molar-refractivity contribution in [2.75, 3.05) is 6.61 Å². The van der Waals surface area contributed by atoms with Crippen LogP contribution < -0.4 is 0 Å². The van der Waals surface area contributed by atoms with Gasteiger partial charge in [-0.3, -0.25) is 4.99 Å². The van der Waals surface area contributed by atoms with Gasteiger partial charge in [0.05, 0.1) is 12.1 Å². The van der Waals surface area contributed by atoms with Crippen LogP contribution in [0.3, 0.4) is 0 Å². The Morgan fingerprint density at radius 3 is 2.33 bits per heavy atom. The van der Waals surface area contributed by atoms with Crippen LogP contribution in [0, 0.1) is 0 Å². The SMILES string of the molecule is CCOC=NC(C)(C)C. The molecule has 0 aromatic rings. The summed E-state index contributed by atoms with van der Waals surface area (Å²) in [7, 11) is 0. The summed E-state index contributed by atoms with van der Waals surface area (Å²) < 4.78 is 4.92. The highest BCUT2D eigenvalue weighted by molar-refractivity contribution is 5.46. The van der Waals surface area contributed by atoms with Crippen molar-refractivity contribution in [1.82, 2.24) is 0 Å². The van der Waals surface area contributed by atoms with Crippen molar-refractivity contribution in [3.63, 3.8) is 0 Å². The Kier molecular flexibility index (Phi) is 3.28.